The molecule has 0 saturated heterocycles. The molecular formula is C20H30FN5O. The lowest BCUT2D eigenvalue weighted by Crippen LogP contribution is -2.38. The minimum atomic E-state index is -0.214. The average molecular weight is 375 g/mol. The zero-order chi connectivity index (χ0) is 19.6. The number of nitrogens with zero attached hydrogens (tertiary/aromatic N) is 3. The third kappa shape index (κ3) is 5.98. The highest BCUT2D eigenvalue weighted by Crippen LogP contribution is 2.15. The molecule has 0 aliphatic carbocycles. The van der Waals surface area contributed by atoms with Gasteiger partial charge in [-0.05, 0) is 31.0 Å². The Balaban J connectivity index is 1.77. The van der Waals surface area contributed by atoms with Gasteiger partial charge in [0, 0.05) is 51.4 Å². The summed E-state index contributed by atoms with van der Waals surface area (Å²) in [6.07, 6.45) is 2.57. The number of nitrogens with one attached hydrogen (secondary N) is 2. The van der Waals surface area contributed by atoms with Crippen LogP contribution in [0.2, 0.25) is 0 Å². The molecule has 0 bridgehead atoms. The molecule has 1 aromatic heterocycles. The van der Waals surface area contributed by atoms with E-state index >= 15 is 0 Å². The first-order valence-corrected chi connectivity index (χ1v) is 9.46. The summed E-state index contributed by atoms with van der Waals surface area (Å²) in [4.78, 5) is 6.31. The molecule has 7 heteroatoms. The van der Waals surface area contributed by atoms with Gasteiger partial charge in [-0.15, -0.1) is 0 Å². The van der Waals surface area contributed by atoms with E-state index < -0.39 is 0 Å². The number of aryl methyl sites for hydroxylation is 2. The lowest BCUT2D eigenvalue weighted by Gasteiger charge is -2.20. The predicted octanol–water partition coefficient (Wildman–Crippen LogP) is 3.13. The summed E-state index contributed by atoms with van der Waals surface area (Å²) in [6, 6.07) is 6.64. The maximum absolute atomic E-state index is 13.3. The minimum absolute atomic E-state index is 0.214. The summed E-state index contributed by atoms with van der Waals surface area (Å²) in [5, 5.41) is 10.8. The zero-order valence-corrected chi connectivity index (χ0v) is 16.7. The standard InChI is InChI=1S/C20H30FN5O/c1-5-18-17(19(6-2)27-25-18)14-24-20(22-3)23-11-8-12-26(4)16-10-7-9-15(21)13-16/h7,9-10,13H,5-6,8,11-12,14H2,1-4H3,(H2,22,23,24). The smallest absolute Gasteiger partial charge is 0.191 e. The summed E-state index contributed by atoms with van der Waals surface area (Å²) in [6.45, 7) is 6.36. The summed E-state index contributed by atoms with van der Waals surface area (Å²) in [7, 11) is 3.72. The average Bonchev–Trinajstić information content (AvgIpc) is 3.09. The van der Waals surface area contributed by atoms with Crippen LogP contribution in [0.25, 0.3) is 0 Å². The molecule has 0 radical (unpaired) electrons. The van der Waals surface area contributed by atoms with Gasteiger partial charge in [-0.2, -0.15) is 0 Å². The number of benzene rings is 1. The summed E-state index contributed by atoms with van der Waals surface area (Å²) in [5.74, 6) is 1.45. The number of hydrogen-bond acceptors (Lipinski definition) is 4. The monoisotopic (exact) mass is 375 g/mol. The van der Waals surface area contributed by atoms with Gasteiger partial charge in [-0.3, -0.25) is 4.99 Å². The first kappa shape index (κ1) is 20.7. The second kappa shape index (κ2) is 10.5. The molecule has 0 amide bonds. The first-order valence-electron chi connectivity index (χ1n) is 9.46. The molecule has 0 atom stereocenters. The molecule has 2 rings (SSSR count). The quantitative estimate of drug-likeness (QED) is 0.400. The van der Waals surface area contributed by atoms with Gasteiger partial charge in [0.05, 0.1) is 5.69 Å². The highest BCUT2D eigenvalue weighted by Gasteiger charge is 2.13. The molecule has 0 saturated carbocycles. The second-order valence-electron chi connectivity index (χ2n) is 6.35. The molecule has 0 spiro atoms. The van der Waals surface area contributed by atoms with E-state index in [4.69, 9.17) is 4.52 Å². The lowest BCUT2D eigenvalue weighted by molar-refractivity contribution is 0.380. The zero-order valence-electron chi connectivity index (χ0n) is 16.7. The Morgan fingerprint density at radius 2 is 2.07 bits per heavy atom. The van der Waals surface area contributed by atoms with Gasteiger partial charge in [-0.1, -0.05) is 25.1 Å². The minimum Gasteiger partial charge on any atom is -0.374 e. The highest BCUT2D eigenvalue weighted by molar-refractivity contribution is 5.79. The van der Waals surface area contributed by atoms with Gasteiger partial charge in [-0.25, -0.2) is 4.39 Å². The fraction of sp³-hybridized carbons (Fsp3) is 0.500. The van der Waals surface area contributed by atoms with E-state index in [2.05, 4.69) is 34.6 Å². The van der Waals surface area contributed by atoms with Crippen LogP contribution in [0.15, 0.2) is 33.8 Å². The van der Waals surface area contributed by atoms with Crippen LogP contribution in [0, 0.1) is 5.82 Å². The van der Waals surface area contributed by atoms with Crippen molar-refractivity contribution in [2.45, 2.75) is 39.7 Å². The largest absolute Gasteiger partial charge is 0.374 e. The molecule has 0 unspecified atom stereocenters. The molecule has 0 fully saturated rings. The van der Waals surface area contributed by atoms with Crippen LogP contribution in [0.1, 0.15) is 37.3 Å². The van der Waals surface area contributed by atoms with Crippen molar-refractivity contribution in [2.75, 3.05) is 32.1 Å². The Morgan fingerprint density at radius 1 is 1.26 bits per heavy atom. The van der Waals surface area contributed by atoms with Gasteiger partial charge in [0.25, 0.3) is 0 Å². The number of guanidine groups is 1. The van der Waals surface area contributed by atoms with Crippen LogP contribution in [0.5, 0.6) is 0 Å². The second-order valence-corrected chi connectivity index (χ2v) is 6.35. The van der Waals surface area contributed by atoms with Crippen LogP contribution in [0.3, 0.4) is 0 Å². The maximum atomic E-state index is 13.3. The molecule has 6 nitrogen and oxygen atoms in total. The molecule has 0 aliphatic heterocycles. The maximum Gasteiger partial charge on any atom is 0.191 e. The molecule has 148 valence electrons. The normalized spacial score (nSPS) is 11.5. The molecule has 2 N–H and O–H groups in total. The highest BCUT2D eigenvalue weighted by atomic mass is 19.1. The van der Waals surface area contributed by atoms with Crippen molar-refractivity contribution in [3.8, 4) is 0 Å². The van der Waals surface area contributed by atoms with Crippen LogP contribution < -0.4 is 15.5 Å². The Labute approximate surface area is 160 Å². The molecule has 1 heterocycles. The van der Waals surface area contributed by atoms with E-state index in [9.17, 15) is 4.39 Å². The van der Waals surface area contributed by atoms with E-state index in [0.29, 0.717) is 6.54 Å². The van der Waals surface area contributed by atoms with E-state index in [0.717, 1.165) is 61.0 Å². The fourth-order valence-electron chi connectivity index (χ4n) is 2.90. The number of aromatic nitrogens is 1. The van der Waals surface area contributed by atoms with E-state index in [1.165, 1.54) is 6.07 Å². The predicted molar refractivity (Wildman–Crippen MR) is 108 cm³/mol. The Bertz CT molecular complexity index is 722. The Kier molecular flexibility index (Phi) is 8.10. The Hall–Kier alpha value is -2.57. The van der Waals surface area contributed by atoms with Gasteiger partial charge < -0.3 is 20.1 Å². The molecule has 2 aromatic rings. The fourth-order valence-corrected chi connectivity index (χ4v) is 2.90. The van der Waals surface area contributed by atoms with Crippen molar-refractivity contribution in [3.63, 3.8) is 0 Å². The van der Waals surface area contributed by atoms with Gasteiger partial charge >= 0.3 is 0 Å². The SMILES string of the molecule is CCc1noc(CC)c1CNC(=NC)NCCCN(C)c1cccc(F)c1. The number of hydrogen-bond donors (Lipinski definition) is 2. The van der Waals surface area contributed by atoms with Crippen LogP contribution in [-0.4, -0.2) is 38.3 Å². The van der Waals surface area contributed by atoms with Gasteiger partial charge in [0.1, 0.15) is 11.6 Å². The topological polar surface area (TPSA) is 65.7 Å². The number of aliphatic imine (C=N–C) groups is 1. The van der Waals surface area contributed by atoms with E-state index in [-0.39, 0.29) is 5.82 Å². The van der Waals surface area contributed by atoms with Crippen molar-refractivity contribution >= 4 is 11.6 Å². The molecular weight excluding hydrogens is 345 g/mol. The lowest BCUT2D eigenvalue weighted by atomic mass is 10.1. The van der Waals surface area contributed by atoms with Gasteiger partial charge in [0.2, 0.25) is 0 Å². The van der Waals surface area contributed by atoms with Crippen molar-refractivity contribution in [1.82, 2.24) is 15.8 Å². The Morgan fingerprint density at radius 3 is 2.74 bits per heavy atom. The van der Waals surface area contributed by atoms with Crippen molar-refractivity contribution < 1.29 is 8.91 Å². The van der Waals surface area contributed by atoms with Gasteiger partial charge in [0.15, 0.2) is 5.96 Å². The molecule has 27 heavy (non-hydrogen) atoms. The van der Waals surface area contributed by atoms with Crippen LogP contribution >= 0.6 is 0 Å². The summed E-state index contributed by atoms with van der Waals surface area (Å²) >= 11 is 0. The number of anilines is 1. The number of rotatable bonds is 9. The summed E-state index contributed by atoms with van der Waals surface area (Å²) < 4.78 is 18.7. The third-order valence-corrected chi connectivity index (χ3v) is 4.47. The molecule has 0 aliphatic rings. The first-order chi connectivity index (χ1) is 13.1. The summed E-state index contributed by atoms with van der Waals surface area (Å²) in [5.41, 5.74) is 2.99. The number of halogens is 1. The van der Waals surface area contributed by atoms with E-state index in [1.54, 1.807) is 19.2 Å². The molecule has 1 aromatic carbocycles. The van der Waals surface area contributed by atoms with Crippen LogP contribution in [0.4, 0.5) is 10.1 Å². The van der Waals surface area contributed by atoms with Crippen molar-refractivity contribution in [1.29, 1.82) is 0 Å². The van der Waals surface area contributed by atoms with E-state index in [1.807, 2.05) is 18.0 Å². The van der Waals surface area contributed by atoms with Crippen molar-refractivity contribution in [2.24, 2.45) is 4.99 Å². The van der Waals surface area contributed by atoms with Crippen LogP contribution in [-0.2, 0) is 19.4 Å². The van der Waals surface area contributed by atoms with Crippen molar-refractivity contribution in [3.05, 3.63) is 47.1 Å². The third-order valence-electron chi connectivity index (χ3n) is 4.47.